The summed E-state index contributed by atoms with van der Waals surface area (Å²) < 4.78 is 5.24. The molecule has 2 heterocycles. The maximum atomic E-state index is 13.2. The molecule has 1 aliphatic heterocycles. The van der Waals surface area contributed by atoms with Gasteiger partial charge in [0.25, 0.3) is 5.91 Å². The van der Waals surface area contributed by atoms with Crippen molar-refractivity contribution in [2.45, 2.75) is 37.8 Å². The van der Waals surface area contributed by atoms with Crippen molar-refractivity contribution >= 4 is 34.9 Å². The van der Waals surface area contributed by atoms with E-state index in [2.05, 4.69) is 20.9 Å². The molecule has 0 spiro atoms. The lowest BCUT2D eigenvalue weighted by atomic mass is 9.98. The summed E-state index contributed by atoms with van der Waals surface area (Å²) >= 11 is 0. The fourth-order valence-corrected chi connectivity index (χ4v) is 4.41. The van der Waals surface area contributed by atoms with E-state index in [-0.39, 0.29) is 18.2 Å². The van der Waals surface area contributed by atoms with E-state index >= 15 is 0 Å². The van der Waals surface area contributed by atoms with Crippen LogP contribution in [0.3, 0.4) is 0 Å². The second-order valence-electron chi connectivity index (χ2n) is 8.96. The molecule has 0 radical (unpaired) electrons. The second-order valence-corrected chi connectivity index (χ2v) is 8.96. The molecule has 3 atom stereocenters. The van der Waals surface area contributed by atoms with Crippen molar-refractivity contribution in [2.24, 2.45) is 5.92 Å². The molecule has 188 valence electrons. The Morgan fingerprint density at radius 1 is 1.14 bits per heavy atom. The molecule has 1 fully saturated rings. The first-order valence-electron chi connectivity index (χ1n) is 12.0. The fraction of sp³-hybridized carbons (Fsp3) is 0.333. The minimum Gasteiger partial charge on any atom is -0.497 e. The second kappa shape index (κ2) is 11.5. The molecule has 0 bridgehead atoms. The number of fused-ring (bicyclic) bond motifs is 1. The summed E-state index contributed by atoms with van der Waals surface area (Å²) in [6, 6.07) is 14.8. The van der Waals surface area contributed by atoms with Gasteiger partial charge in [-0.15, -0.1) is 0 Å². The molecular weight excluding hydrogens is 460 g/mol. The number of H-pyrrole nitrogens is 1. The summed E-state index contributed by atoms with van der Waals surface area (Å²) in [6.45, 7) is 0.632. The van der Waals surface area contributed by atoms with E-state index in [0.717, 1.165) is 22.9 Å². The Kier molecular flexibility index (Phi) is 7.99. The maximum Gasteiger partial charge on any atom is 0.268 e. The zero-order valence-corrected chi connectivity index (χ0v) is 20.1. The van der Waals surface area contributed by atoms with Crippen LogP contribution in [-0.2, 0) is 20.8 Å². The van der Waals surface area contributed by atoms with E-state index in [4.69, 9.17) is 4.74 Å². The maximum absolute atomic E-state index is 13.2. The van der Waals surface area contributed by atoms with Crippen LogP contribution in [0, 0.1) is 5.92 Å². The lowest BCUT2D eigenvalue weighted by Crippen LogP contribution is -2.51. The normalized spacial score (nSPS) is 16.7. The summed E-state index contributed by atoms with van der Waals surface area (Å²) in [4.78, 5) is 52.9. The van der Waals surface area contributed by atoms with Crippen molar-refractivity contribution in [3.05, 3.63) is 65.9 Å². The minimum atomic E-state index is -0.905. The largest absolute Gasteiger partial charge is 0.497 e. The van der Waals surface area contributed by atoms with Crippen LogP contribution in [0.15, 0.2) is 54.6 Å². The molecule has 0 saturated carbocycles. The van der Waals surface area contributed by atoms with Gasteiger partial charge in [-0.1, -0.05) is 30.3 Å². The highest BCUT2D eigenvalue weighted by molar-refractivity contribution is 6.00. The smallest absolute Gasteiger partial charge is 0.268 e. The molecular formula is C27H30N4O5. The molecule has 9 heteroatoms. The van der Waals surface area contributed by atoms with Gasteiger partial charge in [-0.3, -0.25) is 14.4 Å². The first kappa shape index (κ1) is 25.0. The first-order chi connectivity index (χ1) is 17.5. The van der Waals surface area contributed by atoms with Crippen LogP contribution in [-0.4, -0.2) is 54.7 Å². The van der Waals surface area contributed by atoms with Crippen LogP contribution >= 0.6 is 0 Å². The molecule has 1 aliphatic rings. The SMILES string of the molecule is COc1ccc2[nH]c(C(=O)N[C@@H](Cc3ccccc3)C(=O)N[C@H](C=O)CC[C@@H]3CCNC3=O)cc2c1. The van der Waals surface area contributed by atoms with E-state index in [0.29, 0.717) is 37.1 Å². The summed E-state index contributed by atoms with van der Waals surface area (Å²) in [7, 11) is 1.57. The van der Waals surface area contributed by atoms with E-state index in [9.17, 15) is 19.2 Å². The monoisotopic (exact) mass is 490 g/mol. The summed E-state index contributed by atoms with van der Waals surface area (Å²) in [5.74, 6) is -0.393. The Morgan fingerprint density at radius 2 is 1.94 bits per heavy atom. The number of carbonyl (C=O) groups is 4. The molecule has 3 amide bonds. The van der Waals surface area contributed by atoms with Crippen molar-refractivity contribution in [3.63, 3.8) is 0 Å². The zero-order chi connectivity index (χ0) is 25.5. The van der Waals surface area contributed by atoms with Crippen LogP contribution in [0.5, 0.6) is 5.75 Å². The molecule has 0 unspecified atom stereocenters. The number of hydrogen-bond acceptors (Lipinski definition) is 5. The molecule has 4 rings (SSSR count). The number of amides is 3. The van der Waals surface area contributed by atoms with Crippen LogP contribution in [0.4, 0.5) is 0 Å². The summed E-state index contributed by atoms with van der Waals surface area (Å²) in [5.41, 5.74) is 1.94. The highest BCUT2D eigenvalue weighted by atomic mass is 16.5. The Balaban J connectivity index is 1.46. The van der Waals surface area contributed by atoms with Crippen molar-refractivity contribution in [2.75, 3.05) is 13.7 Å². The third kappa shape index (κ3) is 6.10. The van der Waals surface area contributed by atoms with Crippen LogP contribution in [0.25, 0.3) is 10.9 Å². The molecule has 3 aromatic rings. The van der Waals surface area contributed by atoms with Crippen molar-refractivity contribution in [1.82, 2.24) is 20.9 Å². The van der Waals surface area contributed by atoms with Crippen molar-refractivity contribution in [3.8, 4) is 5.75 Å². The lowest BCUT2D eigenvalue weighted by molar-refractivity contribution is -0.125. The van der Waals surface area contributed by atoms with Gasteiger partial charge in [-0.05, 0) is 49.1 Å². The molecule has 1 aromatic heterocycles. The molecule has 0 aliphatic carbocycles. The third-order valence-electron chi connectivity index (χ3n) is 6.46. The predicted molar refractivity (Wildman–Crippen MR) is 135 cm³/mol. The molecule has 1 saturated heterocycles. The van der Waals surface area contributed by atoms with Gasteiger partial charge in [0.05, 0.1) is 13.2 Å². The Labute approximate surface area is 209 Å². The summed E-state index contributed by atoms with van der Waals surface area (Å²) in [5, 5.41) is 9.14. The highest BCUT2D eigenvalue weighted by Gasteiger charge is 2.28. The van der Waals surface area contributed by atoms with E-state index in [1.165, 1.54) is 0 Å². The fourth-order valence-electron chi connectivity index (χ4n) is 4.41. The average Bonchev–Trinajstić information content (AvgIpc) is 3.51. The number of aromatic amines is 1. The van der Waals surface area contributed by atoms with Gasteiger partial charge < -0.3 is 30.5 Å². The number of hydrogen-bond donors (Lipinski definition) is 4. The van der Waals surface area contributed by atoms with Crippen molar-refractivity contribution in [1.29, 1.82) is 0 Å². The van der Waals surface area contributed by atoms with E-state index in [1.807, 2.05) is 42.5 Å². The van der Waals surface area contributed by atoms with E-state index in [1.54, 1.807) is 19.2 Å². The number of rotatable bonds is 11. The van der Waals surface area contributed by atoms with Gasteiger partial charge in [0.15, 0.2) is 0 Å². The zero-order valence-electron chi connectivity index (χ0n) is 20.1. The Morgan fingerprint density at radius 3 is 2.64 bits per heavy atom. The summed E-state index contributed by atoms with van der Waals surface area (Å²) in [6.07, 6.45) is 2.51. The van der Waals surface area contributed by atoms with Crippen LogP contribution < -0.4 is 20.7 Å². The highest BCUT2D eigenvalue weighted by Crippen LogP contribution is 2.22. The van der Waals surface area contributed by atoms with Gasteiger partial charge in [0.1, 0.15) is 23.8 Å². The predicted octanol–water partition coefficient (Wildman–Crippen LogP) is 2.12. The number of carbonyl (C=O) groups excluding carboxylic acids is 4. The number of methoxy groups -OCH3 is 1. The average molecular weight is 491 g/mol. The Hall–Kier alpha value is -4.14. The van der Waals surface area contributed by atoms with Gasteiger partial charge in [-0.2, -0.15) is 0 Å². The lowest BCUT2D eigenvalue weighted by Gasteiger charge is -2.21. The standard InChI is InChI=1S/C27H30N4O5/c1-36-21-9-10-22-19(14-21)15-24(30-22)27(35)31-23(13-17-5-3-2-4-6-17)26(34)29-20(16-32)8-7-18-11-12-28-25(18)33/h2-6,9-10,14-16,18,20,23,30H,7-8,11-13H2,1H3,(H,28,33)(H,29,34)(H,31,35)/t18-,20+,23+/m1/s1. The molecule has 4 N–H and O–H groups in total. The third-order valence-corrected chi connectivity index (χ3v) is 6.46. The number of aldehydes is 1. The van der Waals surface area contributed by atoms with Gasteiger partial charge >= 0.3 is 0 Å². The molecule has 2 aromatic carbocycles. The van der Waals surface area contributed by atoms with Crippen LogP contribution in [0.2, 0.25) is 0 Å². The Bertz CT molecular complexity index is 1240. The van der Waals surface area contributed by atoms with Gasteiger partial charge in [-0.25, -0.2) is 0 Å². The number of aromatic nitrogens is 1. The number of benzene rings is 2. The van der Waals surface area contributed by atoms with Crippen molar-refractivity contribution < 1.29 is 23.9 Å². The minimum absolute atomic E-state index is 0.0175. The van der Waals surface area contributed by atoms with Gasteiger partial charge in [0, 0.05) is 29.8 Å². The van der Waals surface area contributed by atoms with Gasteiger partial charge in [0.2, 0.25) is 11.8 Å². The van der Waals surface area contributed by atoms with Crippen LogP contribution in [0.1, 0.15) is 35.3 Å². The molecule has 36 heavy (non-hydrogen) atoms. The first-order valence-corrected chi connectivity index (χ1v) is 12.0. The van der Waals surface area contributed by atoms with E-state index < -0.39 is 23.9 Å². The molecule has 9 nitrogen and oxygen atoms in total. The number of nitrogens with one attached hydrogen (secondary N) is 4. The number of ether oxygens (including phenoxy) is 1. The topological polar surface area (TPSA) is 129 Å². The quantitative estimate of drug-likeness (QED) is 0.306.